The second kappa shape index (κ2) is 13.1. The van der Waals surface area contributed by atoms with E-state index in [1.54, 1.807) is 0 Å². The summed E-state index contributed by atoms with van der Waals surface area (Å²) in [6.45, 7) is 16.7. The van der Waals surface area contributed by atoms with Crippen LogP contribution in [0.2, 0.25) is 0 Å². The molecule has 0 radical (unpaired) electrons. The number of nitrogens with zero attached hydrogens (tertiary/aromatic N) is 4. The highest BCUT2D eigenvalue weighted by Crippen LogP contribution is 2.32. The minimum Gasteiger partial charge on any atom is -0.390 e. The third-order valence-electron chi connectivity index (χ3n) is 6.31. The lowest BCUT2D eigenvalue weighted by molar-refractivity contribution is 0.00595. The lowest BCUT2D eigenvalue weighted by atomic mass is 10.1. The number of ether oxygens (including phenoxy) is 1. The first-order valence-electron chi connectivity index (χ1n) is 12.5. The molecule has 0 bridgehead atoms. The predicted molar refractivity (Wildman–Crippen MR) is 133 cm³/mol. The summed E-state index contributed by atoms with van der Waals surface area (Å²) in [6, 6.07) is 10.3. The Hall–Kier alpha value is -1.93. The lowest BCUT2D eigenvalue weighted by Gasteiger charge is -2.31. The van der Waals surface area contributed by atoms with Crippen LogP contribution in [0.3, 0.4) is 0 Å². The molecule has 1 aromatic heterocycles. The van der Waals surface area contributed by atoms with Crippen molar-refractivity contribution in [3.05, 3.63) is 35.9 Å². The van der Waals surface area contributed by atoms with Crippen molar-refractivity contribution in [1.82, 2.24) is 15.0 Å². The molecule has 7 nitrogen and oxygen atoms in total. The van der Waals surface area contributed by atoms with E-state index in [-0.39, 0.29) is 0 Å². The first kappa shape index (κ1) is 25.7. The highest BCUT2D eigenvalue weighted by atomic mass is 16.5. The highest BCUT2D eigenvalue weighted by molar-refractivity contribution is 5.68. The molecule has 7 heteroatoms. The van der Waals surface area contributed by atoms with Gasteiger partial charge in [0.05, 0.1) is 24.9 Å². The maximum atomic E-state index is 10.9. The standard InChI is InChI=1S/C26H42N4O3/c1-5-30(6-2)26-24(25(27-33-26)22-10-8-7-9-11-22)20-29(13-12-21(3)4)19-23(31)18-28-14-16-32-17-15-28/h7-11,21,23,31H,5-6,12-20H2,1-4H3. The van der Waals surface area contributed by atoms with Crippen LogP contribution in [0, 0.1) is 5.92 Å². The Morgan fingerprint density at radius 3 is 2.42 bits per heavy atom. The van der Waals surface area contributed by atoms with E-state index in [4.69, 9.17) is 9.26 Å². The third kappa shape index (κ3) is 7.54. The SMILES string of the molecule is CCN(CC)c1onc(-c2ccccc2)c1CN(CCC(C)C)CC(O)CN1CCOCC1. The zero-order valence-electron chi connectivity index (χ0n) is 20.9. The van der Waals surface area contributed by atoms with Gasteiger partial charge >= 0.3 is 0 Å². The number of anilines is 1. The Bertz CT molecular complexity index is 801. The fourth-order valence-electron chi connectivity index (χ4n) is 4.36. The molecule has 1 saturated heterocycles. The highest BCUT2D eigenvalue weighted by Gasteiger charge is 2.25. The van der Waals surface area contributed by atoms with Gasteiger partial charge in [-0.2, -0.15) is 0 Å². The molecule has 1 unspecified atom stereocenters. The number of morpholine rings is 1. The lowest BCUT2D eigenvalue weighted by Crippen LogP contribution is -2.44. The Labute approximate surface area is 199 Å². The molecule has 3 rings (SSSR count). The number of aromatic nitrogens is 1. The number of hydrogen-bond donors (Lipinski definition) is 1. The summed E-state index contributed by atoms with van der Waals surface area (Å²) in [4.78, 5) is 6.89. The first-order chi connectivity index (χ1) is 16.0. The second-order valence-electron chi connectivity index (χ2n) is 9.34. The quantitative estimate of drug-likeness (QED) is 0.491. The van der Waals surface area contributed by atoms with Crippen LogP contribution >= 0.6 is 0 Å². The molecule has 0 amide bonds. The molecule has 1 aromatic carbocycles. The van der Waals surface area contributed by atoms with E-state index in [0.29, 0.717) is 25.6 Å². The van der Waals surface area contributed by atoms with Gasteiger partial charge in [-0.25, -0.2) is 0 Å². The molecule has 1 aliphatic rings. The molecule has 0 saturated carbocycles. The van der Waals surface area contributed by atoms with Gasteiger partial charge in [0.2, 0.25) is 5.88 Å². The summed E-state index contributed by atoms with van der Waals surface area (Å²) in [7, 11) is 0. The molecule has 0 spiro atoms. The molecular formula is C26H42N4O3. The Kier molecular flexibility index (Phi) is 10.2. The van der Waals surface area contributed by atoms with E-state index in [9.17, 15) is 5.11 Å². The molecule has 33 heavy (non-hydrogen) atoms. The fraction of sp³-hybridized carbons (Fsp3) is 0.654. The average Bonchev–Trinajstić information content (AvgIpc) is 3.22. The van der Waals surface area contributed by atoms with E-state index in [2.05, 4.69) is 59.7 Å². The normalized spacial score (nSPS) is 16.0. The monoisotopic (exact) mass is 458 g/mol. The maximum absolute atomic E-state index is 10.9. The van der Waals surface area contributed by atoms with Crippen LogP contribution in [0.5, 0.6) is 0 Å². The number of benzene rings is 1. The zero-order chi connectivity index (χ0) is 23.6. The smallest absolute Gasteiger partial charge is 0.232 e. The van der Waals surface area contributed by atoms with Crippen molar-refractivity contribution < 1.29 is 14.4 Å². The molecule has 1 atom stereocenters. The number of aliphatic hydroxyl groups excluding tert-OH is 1. The van der Waals surface area contributed by atoms with Gasteiger partial charge in [-0.15, -0.1) is 0 Å². The van der Waals surface area contributed by atoms with Crippen LogP contribution in [-0.2, 0) is 11.3 Å². The molecule has 1 fully saturated rings. The summed E-state index contributed by atoms with van der Waals surface area (Å²) in [6.07, 6.45) is 0.670. The summed E-state index contributed by atoms with van der Waals surface area (Å²) >= 11 is 0. The minimum atomic E-state index is -0.410. The molecule has 2 heterocycles. The van der Waals surface area contributed by atoms with Gasteiger partial charge in [0, 0.05) is 51.4 Å². The molecular weight excluding hydrogens is 416 g/mol. The number of β-amino-alcohol motifs (C(OH)–C–C–N with tert-alkyl or cyclic N) is 1. The van der Waals surface area contributed by atoms with E-state index < -0.39 is 6.10 Å². The van der Waals surface area contributed by atoms with Gasteiger partial charge in [-0.1, -0.05) is 49.3 Å². The Morgan fingerprint density at radius 1 is 1.09 bits per heavy atom. The van der Waals surface area contributed by atoms with Crippen LogP contribution in [0.15, 0.2) is 34.9 Å². The number of rotatable bonds is 13. The fourth-order valence-corrected chi connectivity index (χ4v) is 4.36. The van der Waals surface area contributed by atoms with Crippen molar-refractivity contribution in [2.24, 2.45) is 5.92 Å². The summed E-state index contributed by atoms with van der Waals surface area (Å²) in [5.41, 5.74) is 3.06. The van der Waals surface area contributed by atoms with Crippen molar-refractivity contribution in [2.45, 2.75) is 46.8 Å². The van der Waals surface area contributed by atoms with Gasteiger partial charge < -0.3 is 19.3 Å². The van der Waals surface area contributed by atoms with Crippen molar-refractivity contribution in [2.75, 3.05) is 63.9 Å². The van der Waals surface area contributed by atoms with Gasteiger partial charge in [0.25, 0.3) is 0 Å². The summed E-state index contributed by atoms with van der Waals surface area (Å²) < 4.78 is 11.4. The molecule has 1 aliphatic heterocycles. The van der Waals surface area contributed by atoms with Gasteiger partial charge in [0.1, 0.15) is 5.69 Å². The third-order valence-corrected chi connectivity index (χ3v) is 6.31. The largest absolute Gasteiger partial charge is 0.390 e. The van der Waals surface area contributed by atoms with Crippen molar-refractivity contribution >= 4 is 5.88 Å². The Morgan fingerprint density at radius 2 is 1.79 bits per heavy atom. The van der Waals surface area contributed by atoms with Crippen molar-refractivity contribution in [3.63, 3.8) is 0 Å². The van der Waals surface area contributed by atoms with E-state index >= 15 is 0 Å². The molecule has 1 N–H and O–H groups in total. The minimum absolute atomic E-state index is 0.410. The molecule has 0 aliphatic carbocycles. The topological polar surface area (TPSA) is 65.2 Å². The second-order valence-corrected chi connectivity index (χ2v) is 9.34. The maximum Gasteiger partial charge on any atom is 0.232 e. The summed E-state index contributed by atoms with van der Waals surface area (Å²) in [5.74, 6) is 1.44. The van der Waals surface area contributed by atoms with Crippen LogP contribution in [0.1, 0.15) is 39.7 Å². The number of aliphatic hydroxyl groups is 1. The van der Waals surface area contributed by atoms with Crippen molar-refractivity contribution in [1.29, 1.82) is 0 Å². The average molecular weight is 459 g/mol. The van der Waals surface area contributed by atoms with Gasteiger partial charge in [0.15, 0.2) is 0 Å². The van der Waals surface area contributed by atoms with Crippen LogP contribution in [0.4, 0.5) is 5.88 Å². The zero-order valence-corrected chi connectivity index (χ0v) is 20.9. The van der Waals surface area contributed by atoms with Crippen LogP contribution < -0.4 is 4.90 Å². The van der Waals surface area contributed by atoms with E-state index in [0.717, 1.165) is 75.1 Å². The van der Waals surface area contributed by atoms with E-state index in [1.807, 2.05) is 18.2 Å². The predicted octanol–water partition coefficient (Wildman–Crippen LogP) is 3.73. The van der Waals surface area contributed by atoms with E-state index in [1.165, 1.54) is 0 Å². The van der Waals surface area contributed by atoms with Gasteiger partial charge in [-0.3, -0.25) is 9.80 Å². The Balaban J connectivity index is 1.82. The number of hydrogen-bond acceptors (Lipinski definition) is 7. The molecule has 2 aromatic rings. The first-order valence-corrected chi connectivity index (χ1v) is 12.5. The van der Waals surface area contributed by atoms with Gasteiger partial charge in [-0.05, 0) is 32.7 Å². The molecule has 184 valence electrons. The van der Waals surface area contributed by atoms with Crippen LogP contribution in [-0.4, -0.2) is 85.2 Å². The van der Waals surface area contributed by atoms with Crippen LogP contribution in [0.25, 0.3) is 11.3 Å². The van der Waals surface area contributed by atoms with Crippen molar-refractivity contribution in [3.8, 4) is 11.3 Å². The summed E-state index contributed by atoms with van der Waals surface area (Å²) in [5, 5.41) is 15.4.